The molecule has 1 heterocycles. The second-order valence-corrected chi connectivity index (χ2v) is 7.02. The molecule has 7 nitrogen and oxygen atoms in total. The van der Waals surface area contributed by atoms with Crippen LogP contribution in [-0.4, -0.2) is 60.2 Å². The molecule has 1 aliphatic heterocycles. The minimum Gasteiger partial charge on any atom is -0.339 e. The zero-order valence-electron chi connectivity index (χ0n) is 15.4. The number of likely N-dealkylation sites (N-methyl/N-ethyl adjacent to an activating group) is 1. The molecule has 0 aromatic heterocycles. The SMILES string of the molecule is CCN1CCN(C(=O)C2(C(=O)Nc3ccc(NC(C)=O)cc3)CC2)CC1. The molecule has 0 radical (unpaired) electrons. The van der Waals surface area contributed by atoms with Crippen molar-refractivity contribution in [3.05, 3.63) is 24.3 Å². The summed E-state index contributed by atoms with van der Waals surface area (Å²) in [4.78, 5) is 40.8. The third-order valence-electron chi connectivity index (χ3n) is 5.16. The van der Waals surface area contributed by atoms with E-state index in [1.165, 1.54) is 6.92 Å². The van der Waals surface area contributed by atoms with Crippen molar-refractivity contribution in [3.63, 3.8) is 0 Å². The van der Waals surface area contributed by atoms with E-state index in [2.05, 4.69) is 22.5 Å². The van der Waals surface area contributed by atoms with Gasteiger partial charge in [-0.05, 0) is 43.7 Å². The summed E-state index contributed by atoms with van der Waals surface area (Å²) >= 11 is 0. The van der Waals surface area contributed by atoms with Crippen LogP contribution in [0.4, 0.5) is 11.4 Å². The average molecular weight is 358 g/mol. The molecular formula is C19H26N4O3. The van der Waals surface area contributed by atoms with Gasteiger partial charge in [-0.2, -0.15) is 0 Å². The molecule has 0 bridgehead atoms. The monoisotopic (exact) mass is 358 g/mol. The van der Waals surface area contributed by atoms with Gasteiger partial charge in [0.05, 0.1) is 0 Å². The van der Waals surface area contributed by atoms with Gasteiger partial charge in [-0.25, -0.2) is 0 Å². The molecule has 7 heteroatoms. The van der Waals surface area contributed by atoms with E-state index < -0.39 is 5.41 Å². The van der Waals surface area contributed by atoms with Gasteiger partial charge in [-0.3, -0.25) is 14.4 Å². The lowest BCUT2D eigenvalue weighted by molar-refractivity contribution is -0.143. The van der Waals surface area contributed by atoms with Gasteiger partial charge in [0.15, 0.2) is 0 Å². The lowest BCUT2D eigenvalue weighted by Crippen LogP contribution is -2.52. The van der Waals surface area contributed by atoms with Crippen LogP contribution in [0, 0.1) is 5.41 Å². The van der Waals surface area contributed by atoms with Gasteiger partial charge < -0.3 is 20.4 Å². The van der Waals surface area contributed by atoms with Gasteiger partial charge >= 0.3 is 0 Å². The Labute approximate surface area is 153 Å². The number of anilines is 2. The van der Waals surface area contributed by atoms with Gasteiger partial charge in [0.2, 0.25) is 17.7 Å². The van der Waals surface area contributed by atoms with E-state index in [1.807, 2.05) is 4.90 Å². The average Bonchev–Trinajstić information content (AvgIpc) is 3.44. The number of rotatable bonds is 5. The van der Waals surface area contributed by atoms with Crippen LogP contribution in [-0.2, 0) is 14.4 Å². The van der Waals surface area contributed by atoms with Crippen molar-refractivity contribution >= 4 is 29.1 Å². The number of amides is 3. The van der Waals surface area contributed by atoms with E-state index in [-0.39, 0.29) is 17.7 Å². The third-order valence-corrected chi connectivity index (χ3v) is 5.16. The smallest absolute Gasteiger partial charge is 0.240 e. The fourth-order valence-electron chi connectivity index (χ4n) is 3.32. The minimum atomic E-state index is -0.898. The summed E-state index contributed by atoms with van der Waals surface area (Å²) in [6.07, 6.45) is 1.21. The van der Waals surface area contributed by atoms with Crippen molar-refractivity contribution in [2.24, 2.45) is 5.41 Å². The van der Waals surface area contributed by atoms with Crippen molar-refractivity contribution in [1.29, 1.82) is 0 Å². The number of hydrogen-bond acceptors (Lipinski definition) is 4. The number of nitrogens with one attached hydrogen (secondary N) is 2. The first-order valence-electron chi connectivity index (χ1n) is 9.15. The minimum absolute atomic E-state index is 0.0411. The molecule has 1 aromatic carbocycles. The van der Waals surface area contributed by atoms with E-state index in [1.54, 1.807) is 24.3 Å². The number of nitrogens with zero attached hydrogens (tertiary/aromatic N) is 2. The van der Waals surface area contributed by atoms with Crippen molar-refractivity contribution in [2.75, 3.05) is 43.4 Å². The first-order valence-corrected chi connectivity index (χ1v) is 9.15. The summed E-state index contributed by atoms with van der Waals surface area (Å²) in [6, 6.07) is 6.90. The highest BCUT2D eigenvalue weighted by atomic mass is 16.2. The number of carbonyl (C=O) groups excluding carboxylic acids is 3. The predicted molar refractivity (Wildman–Crippen MR) is 99.7 cm³/mol. The van der Waals surface area contributed by atoms with E-state index >= 15 is 0 Å². The normalized spacial score (nSPS) is 18.9. The van der Waals surface area contributed by atoms with E-state index in [0.717, 1.165) is 19.6 Å². The van der Waals surface area contributed by atoms with Gasteiger partial charge in [0.25, 0.3) is 0 Å². The Bertz CT molecular complexity index is 689. The first-order chi connectivity index (χ1) is 12.4. The molecule has 140 valence electrons. The van der Waals surface area contributed by atoms with Crippen LogP contribution in [0.1, 0.15) is 26.7 Å². The number of hydrogen-bond donors (Lipinski definition) is 2. The zero-order chi connectivity index (χ0) is 18.7. The molecule has 2 N–H and O–H groups in total. The van der Waals surface area contributed by atoms with Crippen molar-refractivity contribution in [1.82, 2.24) is 9.80 Å². The molecule has 3 amide bonds. The standard InChI is InChI=1S/C19H26N4O3/c1-3-22-10-12-23(13-11-22)18(26)19(8-9-19)17(25)21-16-6-4-15(5-7-16)20-14(2)24/h4-7H,3,8-13H2,1-2H3,(H,20,24)(H,21,25). The van der Waals surface area contributed by atoms with Crippen molar-refractivity contribution < 1.29 is 14.4 Å². The molecule has 0 spiro atoms. The molecule has 1 saturated carbocycles. The number of carbonyl (C=O) groups is 3. The van der Waals surface area contributed by atoms with E-state index in [4.69, 9.17) is 0 Å². The Morgan fingerprint density at radius 2 is 1.50 bits per heavy atom. The second kappa shape index (κ2) is 7.45. The molecule has 2 aliphatic rings. The number of benzene rings is 1. The highest BCUT2D eigenvalue weighted by molar-refractivity contribution is 6.13. The predicted octanol–water partition coefficient (Wildman–Crippen LogP) is 1.53. The summed E-state index contributed by atoms with van der Waals surface area (Å²) in [5.74, 6) is -0.416. The fraction of sp³-hybridized carbons (Fsp3) is 0.526. The maximum atomic E-state index is 12.9. The fourth-order valence-corrected chi connectivity index (χ4v) is 3.32. The molecule has 26 heavy (non-hydrogen) atoms. The van der Waals surface area contributed by atoms with Crippen LogP contribution in [0.25, 0.3) is 0 Å². The summed E-state index contributed by atoms with van der Waals surface area (Å²) in [6.45, 7) is 7.65. The quantitative estimate of drug-likeness (QED) is 0.782. The zero-order valence-corrected chi connectivity index (χ0v) is 15.4. The number of piperazine rings is 1. The van der Waals surface area contributed by atoms with Crippen LogP contribution in [0.15, 0.2) is 24.3 Å². The van der Waals surface area contributed by atoms with Crippen LogP contribution < -0.4 is 10.6 Å². The molecule has 3 rings (SSSR count). The summed E-state index contributed by atoms with van der Waals surface area (Å²) in [7, 11) is 0. The molecule has 1 aliphatic carbocycles. The van der Waals surface area contributed by atoms with Gasteiger partial charge in [-0.1, -0.05) is 6.92 Å². The Balaban J connectivity index is 1.60. The molecule has 0 atom stereocenters. The molecule has 1 aromatic rings. The first kappa shape index (κ1) is 18.4. The maximum absolute atomic E-state index is 12.9. The Kier molecular flexibility index (Phi) is 5.27. The van der Waals surface area contributed by atoms with Crippen LogP contribution in [0.5, 0.6) is 0 Å². The lowest BCUT2D eigenvalue weighted by Gasteiger charge is -2.35. The Hall–Kier alpha value is -2.41. The summed E-state index contributed by atoms with van der Waals surface area (Å²) in [5, 5.41) is 5.54. The third kappa shape index (κ3) is 3.88. The van der Waals surface area contributed by atoms with Gasteiger partial charge in [0, 0.05) is 44.5 Å². The Morgan fingerprint density at radius 3 is 1.96 bits per heavy atom. The van der Waals surface area contributed by atoms with E-state index in [0.29, 0.717) is 37.3 Å². The van der Waals surface area contributed by atoms with Crippen LogP contribution in [0.2, 0.25) is 0 Å². The lowest BCUT2D eigenvalue weighted by atomic mass is 10.0. The molecule has 1 saturated heterocycles. The van der Waals surface area contributed by atoms with Crippen LogP contribution in [0.3, 0.4) is 0 Å². The maximum Gasteiger partial charge on any atom is 0.240 e. The molecular weight excluding hydrogens is 332 g/mol. The molecule has 0 unspecified atom stereocenters. The summed E-state index contributed by atoms with van der Waals surface area (Å²) < 4.78 is 0. The van der Waals surface area contributed by atoms with Crippen molar-refractivity contribution in [3.8, 4) is 0 Å². The van der Waals surface area contributed by atoms with Crippen molar-refractivity contribution in [2.45, 2.75) is 26.7 Å². The summed E-state index contributed by atoms with van der Waals surface area (Å²) in [5.41, 5.74) is 0.394. The Morgan fingerprint density at radius 1 is 0.962 bits per heavy atom. The topological polar surface area (TPSA) is 81.8 Å². The van der Waals surface area contributed by atoms with E-state index in [9.17, 15) is 14.4 Å². The molecule has 2 fully saturated rings. The van der Waals surface area contributed by atoms with Gasteiger partial charge in [-0.15, -0.1) is 0 Å². The highest BCUT2D eigenvalue weighted by Gasteiger charge is 2.58. The highest BCUT2D eigenvalue weighted by Crippen LogP contribution is 2.48. The largest absolute Gasteiger partial charge is 0.339 e. The van der Waals surface area contributed by atoms with Crippen LogP contribution >= 0.6 is 0 Å². The second-order valence-electron chi connectivity index (χ2n) is 7.02. The van der Waals surface area contributed by atoms with Gasteiger partial charge in [0.1, 0.15) is 5.41 Å².